The average molecular weight is 156 g/mol. The molecule has 1 unspecified atom stereocenters. The van der Waals surface area contributed by atoms with Gasteiger partial charge in [-0.05, 0) is 12.8 Å². The summed E-state index contributed by atoms with van der Waals surface area (Å²) in [5, 5.41) is 0. The summed E-state index contributed by atoms with van der Waals surface area (Å²) in [7, 11) is 3.53. The number of nitrogens with one attached hydrogen (secondary N) is 1. The zero-order valence-corrected chi connectivity index (χ0v) is 7.00. The lowest BCUT2D eigenvalue weighted by Crippen LogP contribution is -2.49. The Labute approximate surface area is 66.9 Å². The largest absolute Gasteiger partial charge is 0.347 e. The van der Waals surface area contributed by atoms with Crippen molar-refractivity contribution in [3.05, 3.63) is 0 Å². The average Bonchev–Trinajstić information content (AvgIpc) is 2.05. The van der Waals surface area contributed by atoms with E-state index in [1.165, 1.54) is 0 Å². The first-order valence-electron chi connectivity index (χ1n) is 3.85. The van der Waals surface area contributed by atoms with Crippen molar-refractivity contribution in [2.24, 2.45) is 0 Å². The molecule has 1 saturated heterocycles. The number of hydrogen-bond acceptors (Lipinski definition) is 2. The van der Waals surface area contributed by atoms with Crippen LogP contribution in [0.1, 0.15) is 12.8 Å². The lowest BCUT2D eigenvalue weighted by Gasteiger charge is -2.24. The minimum atomic E-state index is -0.0845. The molecule has 0 saturated carbocycles. The molecule has 1 atom stereocenters. The standard InChI is InChI=1S/C7H14N3O/c1-10(2)7(11)6-4-3-5-8-9-6/h6,9H,3-5H2,1-2H3. The fraction of sp³-hybridized carbons (Fsp3) is 0.857. The lowest BCUT2D eigenvalue weighted by atomic mass is 10.1. The predicted molar refractivity (Wildman–Crippen MR) is 41.9 cm³/mol. The predicted octanol–water partition coefficient (Wildman–Crippen LogP) is -0.654. The van der Waals surface area contributed by atoms with Gasteiger partial charge in [0.05, 0.1) is 0 Å². The van der Waals surface area contributed by atoms with Gasteiger partial charge in [-0.1, -0.05) is 0 Å². The molecule has 1 fully saturated rings. The van der Waals surface area contributed by atoms with E-state index in [1.54, 1.807) is 19.0 Å². The first-order chi connectivity index (χ1) is 5.22. The van der Waals surface area contributed by atoms with E-state index in [-0.39, 0.29) is 11.9 Å². The molecule has 0 bridgehead atoms. The summed E-state index contributed by atoms with van der Waals surface area (Å²) in [6.45, 7) is 0.831. The van der Waals surface area contributed by atoms with Gasteiger partial charge < -0.3 is 4.90 Å². The van der Waals surface area contributed by atoms with Crippen molar-refractivity contribution in [2.45, 2.75) is 18.9 Å². The van der Waals surface area contributed by atoms with Gasteiger partial charge in [-0.25, -0.2) is 5.43 Å². The van der Waals surface area contributed by atoms with Crippen LogP contribution in [0.5, 0.6) is 0 Å². The Morgan fingerprint density at radius 3 is 2.82 bits per heavy atom. The van der Waals surface area contributed by atoms with E-state index in [0.717, 1.165) is 19.4 Å². The molecule has 0 aromatic heterocycles. The third kappa shape index (κ3) is 2.17. The van der Waals surface area contributed by atoms with Gasteiger partial charge in [0.25, 0.3) is 0 Å². The highest BCUT2D eigenvalue weighted by Gasteiger charge is 2.21. The Bertz CT molecular complexity index is 141. The molecule has 1 aliphatic heterocycles. The second-order valence-corrected chi connectivity index (χ2v) is 2.94. The van der Waals surface area contributed by atoms with Gasteiger partial charge in [-0.15, -0.1) is 0 Å². The number of amides is 1. The fourth-order valence-electron chi connectivity index (χ4n) is 1.10. The van der Waals surface area contributed by atoms with Crippen LogP contribution in [0.2, 0.25) is 0 Å². The maximum atomic E-state index is 11.3. The van der Waals surface area contributed by atoms with Crippen LogP contribution in [-0.4, -0.2) is 37.5 Å². The summed E-state index contributed by atoms with van der Waals surface area (Å²) < 4.78 is 0. The van der Waals surface area contributed by atoms with E-state index < -0.39 is 0 Å². The minimum absolute atomic E-state index is 0.0845. The van der Waals surface area contributed by atoms with Crippen LogP contribution < -0.4 is 10.9 Å². The first kappa shape index (κ1) is 8.49. The van der Waals surface area contributed by atoms with E-state index >= 15 is 0 Å². The Hall–Kier alpha value is -0.610. The summed E-state index contributed by atoms with van der Waals surface area (Å²) in [5.41, 5.74) is 6.80. The van der Waals surface area contributed by atoms with Gasteiger partial charge in [0.1, 0.15) is 6.04 Å². The molecule has 1 heterocycles. The quantitative estimate of drug-likeness (QED) is 0.548. The Morgan fingerprint density at radius 1 is 1.64 bits per heavy atom. The molecule has 1 amide bonds. The van der Waals surface area contributed by atoms with Gasteiger partial charge in [0.2, 0.25) is 5.91 Å². The van der Waals surface area contributed by atoms with Gasteiger partial charge in [-0.2, -0.15) is 5.43 Å². The molecule has 1 N–H and O–H groups in total. The fourth-order valence-corrected chi connectivity index (χ4v) is 1.10. The van der Waals surface area contributed by atoms with Crippen LogP contribution in [0.3, 0.4) is 0 Å². The molecule has 0 spiro atoms. The highest BCUT2D eigenvalue weighted by Crippen LogP contribution is 2.03. The van der Waals surface area contributed by atoms with E-state index in [9.17, 15) is 4.79 Å². The van der Waals surface area contributed by atoms with Crippen LogP contribution in [0.4, 0.5) is 0 Å². The third-order valence-electron chi connectivity index (χ3n) is 1.75. The molecule has 4 nitrogen and oxygen atoms in total. The molecule has 1 aliphatic rings. The molecular formula is C7H14N3O. The normalized spacial score (nSPS) is 24.7. The van der Waals surface area contributed by atoms with E-state index in [1.807, 2.05) is 0 Å². The van der Waals surface area contributed by atoms with E-state index in [2.05, 4.69) is 10.9 Å². The highest BCUT2D eigenvalue weighted by molar-refractivity contribution is 5.81. The Balaban J connectivity index is 2.39. The SMILES string of the molecule is CN(C)C(=O)C1CCC[N]N1. The summed E-state index contributed by atoms with van der Waals surface area (Å²) >= 11 is 0. The number of carbonyl (C=O) groups is 1. The third-order valence-corrected chi connectivity index (χ3v) is 1.75. The second kappa shape index (κ2) is 3.69. The summed E-state index contributed by atoms with van der Waals surface area (Å²) in [6, 6.07) is -0.0845. The molecular weight excluding hydrogens is 142 g/mol. The minimum Gasteiger partial charge on any atom is -0.347 e. The van der Waals surface area contributed by atoms with Crippen molar-refractivity contribution in [2.75, 3.05) is 20.6 Å². The van der Waals surface area contributed by atoms with E-state index in [4.69, 9.17) is 0 Å². The van der Waals surface area contributed by atoms with Crippen LogP contribution in [0, 0.1) is 0 Å². The monoisotopic (exact) mass is 156 g/mol. The number of likely N-dealkylation sites (N-methyl/N-ethyl adjacent to an activating group) is 1. The maximum absolute atomic E-state index is 11.3. The van der Waals surface area contributed by atoms with Gasteiger partial charge in [0.15, 0.2) is 0 Å². The van der Waals surface area contributed by atoms with Gasteiger partial charge >= 0.3 is 0 Å². The number of carbonyl (C=O) groups excluding carboxylic acids is 1. The van der Waals surface area contributed by atoms with Crippen molar-refractivity contribution in [3.63, 3.8) is 0 Å². The smallest absolute Gasteiger partial charge is 0.240 e. The summed E-state index contributed by atoms with van der Waals surface area (Å²) in [6.07, 6.45) is 1.91. The Kier molecular flexibility index (Phi) is 2.84. The molecule has 11 heavy (non-hydrogen) atoms. The summed E-state index contributed by atoms with van der Waals surface area (Å²) in [5.74, 6) is 0.119. The van der Waals surface area contributed by atoms with Gasteiger partial charge in [-0.3, -0.25) is 4.79 Å². The van der Waals surface area contributed by atoms with E-state index in [0.29, 0.717) is 0 Å². The van der Waals surface area contributed by atoms with Crippen LogP contribution in [0.25, 0.3) is 0 Å². The van der Waals surface area contributed by atoms with Crippen LogP contribution in [0.15, 0.2) is 0 Å². The lowest BCUT2D eigenvalue weighted by molar-refractivity contribution is -0.131. The maximum Gasteiger partial charge on any atom is 0.240 e. The molecule has 0 aliphatic carbocycles. The number of hydrogen-bond donors (Lipinski definition) is 1. The zero-order chi connectivity index (χ0) is 8.27. The highest BCUT2D eigenvalue weighted by atomic mass is 16.2. The van der Waals surface area contributed by atoms with Gasteiger partial charge in [0, 0.05) is 20.6 Å². The zero-order valence-electron chi connectivity index (χ0n) is 7.00. The van der Waals surface area contributed by atoms with Crippen molar-refractivity contribution in [1.29, 1.82) is 0 Å². The Morgan fingerprint density at radius 2 is 2.36 bits per heavy atom. The second-order valence-electron chi connectivity index (χ2n) is 2.94. The molecule has 1 rings (SSSR count). The molecule has 1 radical (unpaired) electrons. The van der Waals surface area contributed by atoms with Crippen molar-refractivity contribution in [3.8, 4) is 0 Å². The molecule has 4 heteroatoms. The number of nitrogens with zero attached hydrogens (tertiary/aromatic N) is 2. The summed E-state index contributed by atoms with van der Waals surface area (Å²) in [4.78, 5) is 12.9. The number of rotatable bonds is 1. The molecule has 0 aromatic carbocycles. The first-order valence-corrected chi connectivity index (χ1v) is 3.85. The van der Waals surface area contributed by atoms with Crippen molar-refractivity contribution in [1.82, 2.24) is 15.8 Å². The van der Waals surface area contributed by atoms with Crippen LogP contribution in [-0.2, 0) is 4.79 Å². The topological polar surface area (TPSA) is 46.4 Å². The van der Waals surface area contributed by atoms with Crippen molar-refractivity contribution >= 4 is 5.91 Å². The van der Waals surface area contributed by atoms with Crippen molar-refractivity contribution < 1.29 is 4.79 Å². The molecule has 63 valence electrons. The molecule has 0 aromatic rings. The van der Waals surface area contributed by atoms with Crippen LogP contribution >= 0.6 is 0 Å².